The highest BCUT2D eigenvalue weighted by Crippen LogP contribution is 2.40. The van der Waals surface area contributed by atoms with Gasteiger partial charge in [0.05, 0.1) is 54.8 Å². The summed E-state index contributed by atoms with van der Waals surface area (Å²) >= 11 is 0. The number of piperidine rings is 1. The predicted molar refractivity (Wildman–Crippen MR) is 133 cm³/mol. The first-order chi connectivity index (χ1) is 18.1. The molecule has 4 aromatic rings. The molecular formula is C26H29F4N5O3. The Morgan fingerprint density at radius 2 is 1.87 bits per heavy atom. The quantitative estimate of drug-likeness (QED) is 0.260. The second kappa shape index (κ2) is 10.1. The molecule has 1 aliphatic heterocycles. The van der Waals surface area contributed by atoms with Gasteiger partial charge < -0.3 is 18.6 Å². The van der Waals surface area contributed by atoms with Gasteiger partial charge in [0.25, 0.3) is 5.92 Å². The lowest BCUT2D eigenvalue weighted by Crippen LogP contribution is -2.39. The number of halogens is 4. The van der Waals surface area contributed by atoms with E-state index >= 15 is 0 Å². The first kappa shape index (κ1) is 26.4. The van der Waals surface area contributed by atoms with Crippen LogP contribution in [-0.2, 0) is 11.3 Å². The number of hydrogen-bond donors (Lipinski definition) is 0. The molecule has 0 bridgehead atoms. The zero-order valence-electron chi connectivity index (χ0n) is 21.6. The second-order valence-corrected chi connectivity index (χ2v) is 9.73. The van der Waals surface area contributed by atoms with E-state index in [0.717, 1.165) is 11.1 Å². The number of fused-ring (bicyclic) bond motifs is 3. The fourth-order valence-electron chi connectivity index (χ4n) is 5.19. The Morgan fingerprint density at radius 1 is 1.13 bits per heavy atom. The van der Waals surface area contributed by atoms with Crippen molar-refractivity contribution in [3.05, 3.63) is 35.6 Å². The fraction of sp³-hybridized carbons (Fsp3) is 0.500. The zero-order valence-corrected chi connectivity index (χ0v) is 21.6. The van der Waals surface area contributed by atoms with Crippen molar-refractivity contribution >= 4 is 21.9 Å². The number of aryl methyl sites for hydroxylation is 2. The first-order valence-corrected chi connectivity index (χ1v) is 12.4. The van der Waals surface area contributed by atoms with Gasteiger partial charge >= 0.3 is 6.61 Å². The first-order valence-electron chi connectivity index (χ1n) is 12.4. The van der Waals surface area contributed by atoms with Crippen LogP contribution in [0.2, 0.25) is 0 Å². The van der Waals surface area contributed by atoms with E-state index in [0.29, 0.717) is 51.5 Å². The molecule has 0 radical (unpaired) electrons. The van der Waals surface area contributed by atoms with Gasteiger partial charge in [0.15, 0.2) is 0 Å². The molecule has 1 aromatic carbocycles. The highest BCUT2D eigenvalue weighted by Gasteiger charge is 2.34. The van der Waals surface area contributed by atoms with Crippen LogP contribution in [0.1, 0.15) is 43.1 Å². The molecule has 1 aliphatic rings. The predicted octanol–water partition coefficient (Wildman–Crippen LogP) is 5.90. The number of alkyl halides is 4. The van der Waals surface area contributed by atoms with Gasteiger partial charge in [0.2, 0.25) is 0 Å². The third-order valence-corrected chi connectivity index (χ3v) is 7.07. The van der Waals surface area contributed by atoms with Gasteiger partial charge in [-0.25, -0.2) is 13.8 Å². The third kappa shape index (κ3) is 4.94. The Morgan fingerprint density at radius 3 is 2.50 bits per heavy atom. The monoisotopic (exact) mass is 535 g/mol. The normalized spacial score (nSPS) is 17.1. The molecule has 0 aliphatic carbocycles. The van der Waals surface area contributed by atoms with Crippen molar-refractivity contribution in [2.24, 2.45) is 0 Å². The molecule has 8 nitrogen and oxygen atoms in total. The Labute approximate surface area is 216 Å². The van der Waals surface area contributed by atoms with E-state index in [4.69, 9.17) is 14.2 Å². The van der Waals surface area contributed by atoms with Gasteiger partial charge in [-0.05, 0) is 32.9 Å². The molecule has 0 saturated carbocycles. The smallest absolute Gasteiger partial charge is 0.345 e. The van der Waals surface area contributed by atoms with Gasteiger partial charge in [-0.15, -0.1) is 0 Å². The number of rotatable bonds is 8. The van der Waals surface area contributed by atoms with Crippen LogP contribution in [0.4, 0.5) is 17.6 Å². The summed E-state index contributed by atoms with van der Waals surface area (Å²) in [6.45, 7) is 2.96. The van der Waals surface area contributed by atoms with Crippen LogP contribution in [0.3, 0.4) is 0 Å². The molecule has 5 rings (SSSR count). The summed E-state index contributed by atoms with van der Waals surface area (Å²) in [6.07, 6.45) is 1.17. The van der Waals surface area contributed by atoms with E-state index < -0.39 is 18.6 Å². The van der Waals surface area contributed by atoms with Crippen LogP contribution in [0.5, 0.6) is 5.75 Å². The lowest BCUT2D eigenvalue weighted by Gasteiger charge is -2.31. The van der Waals surface area contributed by atoms with Crippen LogP contribution in [-0.4, -0.2) is 63.9 Å². The summed E-state index contributed by atoms with van der Waals surface area (Å²) in [6, 6.07) is 3.20. The largest absolute Gasteiger partial charge is 0.496 e. The van der Waals surface area contributed by atoms with E-state index in [-0.39, 0.29) is 32.5 Å². The molecule has 38 heavy (non-hydrogen) atoms. The van der Waals surface area contributed by atoms with E-state index in [2.05, 4.69) is 14.9 Å². The maximum Gasteiger partial charge on any atom is 0.345 e. The van der Waals surface area contributed by atoms with Crippen LogP contribution < -0.4 is 4.74 Å². The van der Waals surface area contributed by atoms with Gasteiger partial charge in [-0.3, -0.25) is 9.88 Å². The number of nitrogens with zero attached hydrogens (tertiary/aromatic N) is 5. The SMILES string of the molecule is COc1cc2c(cc1-c1c(C)noc1C)ncc1nc(CN3CCC(F)(F)CC3)n(C(C)COC(F)F)c12. The third-order valence-electron chi connectivity index (χ3n) is 7.07. The molecule has 4 heterocycles. The summed E-state index contributed by atoms with van der Waals surface area (Å²) in [5.41, 5.74) is 4.16. The van der Waals surface area contributed by atoms with Crippen molar-refractivity contribution in [2.75, 3.05) is 26.8 Å². The van der Waals surface area contributed by atoms with Crippen molar-refractivity contribution < 1.29 is 31.6 Å². The van der Waals surface area contributed by atoms with Gasteiger partial charge in [0, 0.05) is 36.9 Å². The minimum atomic E-state index is -2.92. The van der Waals surface area contributed by atoms with E-state index in [1.54, 1.807) is 20.2 Å². The summed E-state index contributed by atoms with van der Waals surface area (Å²) in [4.78, 5) is 11.3. The van der Waals surface area contributed by atoms with Gasteiger partial charge in [0.1, 0.15) is 22.9 Å². The average Bonchev–Trinajstić information content (AvgIpc) is 3.41. The van der Waals surface area contributed by atoms with E-state index in [1.165, 1.54) is 0 Å². The number of likely N-dealkylation sites (tertiary alicyclic amines) is 1. The number of imidazole rings is 1. The lowest BCUT2D eigenvalue weighted by atomic mass is 10.0. The number of methoxy groups -OCH3 is 1. The molecule has 0 amide bonds. The highest BCUT2D eigenvalue weighted by atomic mass is 19.3. The summed E-state index contributed by atoms with van der Waals surface area (Å²) in [5.74, 6) is -0.910. The molecule has 0 N–H and O–H groups in total. The highest BCUT2D eigenvalue weighted by molar-refractivity contribution is 6.05. The summed E-state index contributed by atoms with van der Waals surface area (Å²) in [5, 5.41) is 4.76. The van der Waals surface area contributed by atoms with Crippen molar-refractivity contribution in [2.45, 2.75) is 58.7 Å². The maximum absolute atomic E-state index is 13.7. The Balaban J connectivity index is 1.66. The summed E-state index contributed by atoms with van der Waals surface area (Å²) < 4.78 is 70.9. The van der Waals surface area contributed by atoms with Crippen molar-refractivity contribution in [1.82, 2.24) is 24.6 Å². The fourth-order valence-corrected chi connectivity index (χ4v) is 5.19. The van der Waals surface area contributed by atoms with Crippen LogP contribution in [0, 0.1) is 13.8 Å². The molecular weight excluding hydrogens is 506 g/mol. The molecule has 3 aromatic heterocycles. The Bertz CT molecular complexity index is 1440. The zero-order chi connectivity index (χ0) is 27.2. The Kier molecular flexibility index (Phi) is 7.03. The molecule has 12 heteroatoms. The molecule has 1 unspecified atom stereocenters. The Hall–Kier alpha value is -3.25. The number of hydrogen-bond acceptors (Lipinski definition) is 7. The van der Waals surface area contributed by atoms with Crippen LogP contribution in [0.15, 0.2) is 22.9 Å². The minimum Gasteiger partial charge on any atom is -0.496 e. The second-order valence-electron chi connectivity index (χ2n) is 9.73. The molecule has 204 valence electrons. The van der Waals surface area contributed by atoms with E-state index in [1.807, 2.05) is 35.4 Å². The molecule has 0 spiro atoms. The number of pyridine rings is 1. The minimum absolute atomic E-state index is 0.214. The lowest BCUT2D eigenvalue weighted by molar-refractivity contribution is -0.135. The standard InChI is InChI=1S/C26H29F4N5O3/c1-14(13-37-25(27)28)35-22(12-34-7-5-26(29,30)6-8-34)32-20-11-31-19-9-18(23-15(2)33-38-16(23)3)21(36-4)10-17(19)24(20)35/h9-11,14,25H,5-8,12-13H2,1-4H3. The number of aromatic nitrogens is 4. The van der Waals surface area contributed by atoms with Crippen molar-refractivity contribution in [1.29, 1.82) is 0 Å². The summed E-state index contributed by atoms with van der Waals surface area (Å²) in [7, 11) is 1.56. The average molecular weight is 536 g/mol. The molecule has 1 saturated heterocycles. The van der Waals surface area contributed by atoms with Crippen LogP contribution >= 0.6 is 0 Å². The topological polar surface area (TPSA) is 78.4 Å². The van der Waals surface area contributed by atoms with E-state index in [9.17, 15) is 17.6 Å². The van der Waals surface area contributed by atoms with Gasteiger partial charge in [-0.2, -0.15) is 8.78 Å². The number of ether oxygens (including phenoxy) is 2. The molecule has 1 atom stereocenters. The molecule has 1 fully saturated rings. The van der Waals surface area contributed by atoms with Crippen LogP contribution in [0.25, 0.3) is 33.1 Å². The van der Waals surface area contributed by atoms with Crippen molar-refractivity contribution in [3.63, 3.8) is 0 Å². The van der Waals surface area contributed by atoms with Crippen molar-refractivity contribution in [3.8, 4) is 16.9 Å². The van der Waals surface area contributed by atoms with Gasteiger partial charge in [-0.1, -0.05) is 5.16 Å². The number of benzene rings is 1. The maximum atomic E-state index is 13.7.